The summed E-state index contributed by atoms with van der Waals surface area (Å²) in [5.74, 6) is -0.509. The number of ether oxygens (including phenoxy) is 3. The number of aliphatic hydroxyl groups excluding tert-OH is 1. The Kier molecular flexibility index (Phi) is 13.3. The van der Waals surface area contributed by atoms with Crippen LogP contribution in [0.15, 0.2) is 146 Å². The van der Waals surface area contributed by atoms with Gasteiger partial charge in [0.2, 0.25) is 0 Å². The smallest absolute Gasteiger partial charge is 0.328 e. The fraction of sp³-hybridized carbons (Fsp3) is 0.265. The molecular formula is C49H51N3O6. The number of nitrogens with one attached hydrogen (secondary N) is 2. The molecule has 0 saturated carbocycles. The highest BCUT2D eigenvalue weighted by atomic mass is 16.7. The van der Waals surface area contributed by atoms with Crippen molar-refractivity contribution in [3.8, 4) is 11.1 Å². The number of aliphatic hydroxyl groups is 1. The van der Waals surface area contributed by atoms with Crippen molar-refractivity contribution in [2.45, 2.75) is 63.5 Å². The molecule has 9 nitrogen and oxygen atoms in total. The molecule has 1 fully saturated rings. The van der Waals surface area contributed by atoms with Crippen LogP contribution in [0.1, 0.15) is 65.2 Å². The zero-order valence-corrected chi connectivity index (χ0v) is 33.2. The minimum absolute atomic E-state index is 0.0129. The average Bonchev–Trinajstić information content (AvgIpc) is 3.27. The predicted octanol–water partition coefficient (Wildman–Crippen LogP) is 8.82. The van der Waals surface area contributed by atoms with Crippen molar-refractivity contribution < 1.29 is 28.9 Å². The van der Waals surface area contributed by atoms with E-state index in [0.29, 0.717) is 19.4 Å². The molecule has 3 N–H and O–H groups in total. The Morgan fingerprint density at radius 2 is 1.48 bits per heavy atom. The summed E-state index contributed by atoms with van der Waals surface area (Å²) in [5, 5.41) is 17.8. The Labute approximate surface area is 340 Å². The Morgan fingerprint density at radius 1 is 0.793 bits per heavy atom. The van der Waals surface area contributed by atoms with Crippen LogP contribution in [-0.4, -0.2) is 54.9 Å². The molecule has 1 aliphatic rings. The maximum Gasteiger partial charge on any atom is 0.328 e. The van der Waals surface area contributed by atoms with E-state index in [4.69, 9.17) is 14.2 Å². The second kappa shape index (κ2) is 19.1. The molecule has 0 radical (unpaired) electrons. The van der Waals surface area contributed by atoms with Crippen LogP contribution in [0.5, 0.6) is 0 Å². The first kappa shape index (κ1) is 40.4. The minimum atomic E-state index is -0.827. The lowest BCUT2D eigenvalue weighted by molar-refractivity contribution is -0.253. The van der Waals surface area contributed by atoms with Crippen molar-refractivity contribution in [3.63, 3.8) is 0 Å². The monoisotopic (exact) mass is 777 g/mol. The third kappa shape index (κ3) is 9.99. The molecule has 1 aliphatic heterocycles. The van der Waals surface area contributed by atoms with E-state index >= 15 is 0 Å². The maximum atomic E-state index is 13.0. The average molecular weight is 778 g/mol. The quantitative estimate of drug-likeness (QED) is 0.0949. The number of carbonyl (C=O) groups excluding carboxylic acids is 2. The summed E-state index contributed by atoms with van der Waals surface area (Å²) in [6, 6.07) is 47.5. The van der Waals surface area contributed by atoms with Gasteiger partial charge in [-0.05, 0) is 69.8 Å². The van der Waals surface area contributed by atoms with Gasteiger partial charge in [-0.15, -0.1) is 0 Å². The van der Waals surface area contributed by atoms with E-state index < -0.39 is 24.3 Å². The minimum Gasteiger partial charge on any atom is -0.467 e. The summed E-state index contributed by atoms with van der Waals surface area (Å²) in [5.41, 5.74) is 7.83. The summed E-state index contributed by atoms with van der Waals surface area (Å²) >= 11 is 0. The topological polar surface area (TPSA) is 109 Å². The molecule has 1 saturated heterocycles. The third-order valence-electron chi connectivity index (χ3n) is 11.0. The van der Waals surface area contributed by atoms with Crippen molar-refractivity contribution in [1.82, 2.24) is 15.5 Å². The van der Waals surface area contributed by atoms with E-state index in [9.17, 15) is 14.7 Å². The van der Waals surface area contributed by atoms with Crippen LogP contribution in [0.3, 0.4) is 0 Å². The first-order valence-electron chi connectivity index (χ1n) is 19.8. The molecule has 5 unspecified atom stereocenters. The van der Waals surface area contributed by atoms with Gasteiger partial charge in [0.1, 0.15) is 6.04 Å². The Bertz CT molecular complexity index is 2280. The van der Waals surface area contributed by atoms with Gasteiger partial charge >= 0.3 is 12.0 Å². The van der Waals surface area contributed by atoms with Gasteiger partial charge in [-0.3, -0.25) is 4.90 Å². The lowest BCUT2D eigenvalue weighted by Gasteiger charge is -2.39. The second-order valence-corrected chi connectivity index (χ2v) is 14.9. The molecule has 0 spiro atoms. The van der Waals surface area contributed by atoms with Gasteiger partial charge < -0.3 is 30.0 Å². The van der Waals surface area contributed by atoms with Gasteiger partial charge in [0.15, 0.2) is 6.29 Å². The molecule has 6 aromatic rings. The summed E-state index contributed by atoms with van der Waals surface area (Å²) in [7, 11) is 3.46. The summed E-state index contributed by atoms with van der Waals surface area (Å²) in [4.78, 5) is 27.9. The van der Waals surface area contributed by atoms with E-state index in [1.807, 2.05) is 91.0 Å². The van der Waals surface area contributed by atoms with Gasteiger partial charge in [-0.25, -0.2) is 9.59 Å². The van der Waals surface area contributed by atoms with Gasteiger partial charge in [-0.2, -0.15) is 0 Å². The molecule has 1 heterocycles. The number of likely N-dealkylation sites (N-methyl/N-ethyl adjacent to an activating group) is 1. The Balaban J connectivity index is 1.05. The lowest BCUT2D eigenvalue weighted by Crippen LogP contribution is -2.47. The van der Waals surface area contributed by atoms with Crippen LogP contribution in [0, 0.1) is 0 Å². The number of fused-ring (bicyclic) bond motifs is 1. The number of nitrogens with zero attached hydrogens (tertiary/aromatic N) is 1. The van der Waals surface area contributed by atoms with E-state index in [2.05, 4.69) is 84.1 Å². The fourth-order valence-electron chi connectivity index (χ4n) is 7.58. The SMILES string of the molecule is COC(=O)C(Cc1ccccc1)NC(=O)NCc1ccccc1-c1ccc(C2OC(CN(C)C(C)c3ccc4ccccc4c3)CC(c3ccc(CO)cc3)O2)cc1. The third-order valence-corrected chi connectivity index (χ3v) is 11.0. The molecule has 7 rings (SSSR count). The first-order chi connectivity index (χ1) is 28.3. The van der Waals surface area contributed by atoms with E-state index in [-0.39, 0.29) is 31.4 Å². The molecule has 0 aromatic heterocycles. The normalized spacial score (nSPS) is 17.7. The Morgan fingerprint density at radius 3 is 2.22 bits per heavy atom. The fourth-order valence-corrected chi connectivity index (χ4v) is 7.58. The summed E-state index contributed by atoms with van der Waals surface area (Å²) in [6.45, 7) is 3.18. The van der Waals surface area contributed by atoms with Crippen molar-refractivity contribution >= 4 is 22.8 Å². The van der Waals surface area contributed by atoms with Crippen LogP contribution < -0.4 is 10.6 Å². The number of hydrogen-bond donors (Lipinski definition) is 3. The number of rotatable bonds is 14. The molecule has 2 amide bonds. The van der Waals surface area contributed by atoms with Gasteiger partial charge in [0.05, 0.1) is 25.9 Å². The highest BCUT2D eigenvalue weighted by Crippen LogP contribution is 2.39. The molecule has 0 aliphatic carbocycles. The Hall–Kier alpha value is -5.84. The summed E-state index contributed by atoms with van der Waals surface area (Å²) in [6.07, 6.45) is 0.0847. The van der Waals surface area contributed by atoms with E-state index in [1.54, 1.807) is 0 Å². The highest BCUT2D eigenvalue weighted by Gasteiger charge is 2.33. The van der Waals surface area contributed by atoms with E-state index in [1.165, 1.54) is 23.4 Å². The van der Waals surface area contributed by atoms with Crippen LogP contribution in [0.2, 0.25) is 0 Å². The van der Waals surface area contributed by atoms with Gasteiger partial charge in [-0.1, -0.05) is 140 Å². The van der Waals surface area contributed by atoms with Crippen molar-refractivity contribution in [1.29, 1.82) is 0 Å². The van der Waals surface area contributed by atoms with Crippen molar-refractivity contribution in [3.05, 3.63) is 179 Å². The molecular weight excluding hydrogens is 727 g/mol. The molecule has 298 valence electrons. The van der Waals surface area contributed by atoms with Crippen molar-refractivity contribution in [2.24, 2.45) is 0 Å². The zero-order valence-electron chi connectivity index (χ0n) is 33.2. The number of urea groups is 1. The standard InChI is InChI=1S/C49H51N3O6/c1-33(40-26-21-36-13-7-8-14-41(36)28-40)52(2)31-43-29-46(38-19-17-35(32-53)18-20-38)58-48(57-43)39-24-22-37(23-25-39)44-16-10-9-15-42(44)30-50-49(55)51-45(47(54)56-3)27-34-11-5-4-6-12-34/h4-26,28,33,43,45-46,48,53H,27,29-32H2,1-3H3,(H2,50,51,55). The number of amides is 2. The molecule has 9 heteroatoms. The number of benzene rings is 6. The molecule has 58 heavy (non-hydrogen) atoms. The number of methoxy groups -OCH3 is 1. The zero-order chi connectivity index (χ0) is 40.4. The second-order valence-electron chi connectivity index (χ2n) is 14.9. The highest BCUT2D eigenvalue weighted by molar-refractivity contribution is 5.84. The van der Waals surface area contributed by atoms with Crippen LogP contribution in [0.4, 0.5) is 4.79 Å². The molecule has 6 aromatic carbocycles. The maximum absolute atomic E-state index is 13.0. The number of carbonyl (C=O) groups is 2. The van der Waals surface area contributed by atoms with Crippen LogP contribution >= 0.6 is 0 Å². The van der Waals surface area contributed by atoms with Crippen LogP contribution in [0.25, 0.3) is 21.9 Å². The van der Waals surface area contributed by atoms with Gasteiger partial charge in [0.25, 0.3) is 0 Å². The number of hydrogen-bond acceptors (Lipinski definition) is 7. The predicted molar refractivity (Wildman–Crippen MR) is 227 cm³/mol. The van der Waals surface area contributed by atoms with E-state index in [0.717, 1.165) is 38.9 Å². The molecule has 5 atom stereocenters. The number of esters is 1. The largest absolute Gasteiger partial charge is 0.467 e. The van der Waals surface area contributed by atoms with Gasteiger partial charge in [0, 0.05) is 37.5 Å². The van der Waals surface area contributed by atoms with Crippen molar-refractivity contribution in [2.75, 3.05) is 20.7 Å². The first-order valence-corrected chi connectivity index (χ1v) is 19.8. The van der Waals surface area contributed by atoms with Crippen LogP contribution in [-0.2, 0) is 38.6 Å². The molecule has 0 bridgehead atoms. The summed E-state index contributed by atoms with van der Waals surface area (Å²) < 4.78 is 18.4. The lowest BCUT2D eigenvalue weighted by atomic mass is 9.97.